The highest BCUT2D eigenvalue weighted by atomic mass is 19.4. The summed E-state index contributed by atoms with van der Waals surface area (Å²) in [6, 6.07) is 9.95. The van der Waals surface area contributed by atoms with Crippen LogP contribution in [0.4, 0.5) is 13.2 Å². The number of carbonyl (C=O) groups excluding carboxylic acids is 2. The van der Waals surface area contributed by atoms with Gasteiger partial charge in [-0.15, -0.1) is 0 Å². The van der Waals surface area contributed by atoms with Crippen LogP contribution in [0.5, 0.6) is 11.5 Å². The maximum atomic E-state index is 13.0. The molecule has 1 aliphatic carbocycles. The first-order chi connectivity index (χ1) is 17.6. The normalized spacial score (nSPS) is 19.7. The standard InChI is InChI=1S/C28H28F3NO5/c1-4-36-27(34)24-16(2)32-20-9-6-10-21(33)26(20)25(24)18-11-12-22(23(14-18)35-3)37-15-17-7-5-8-19(13-17)28(29,30)31/h5,7-8,11-14,24-25,32H,2,4,6,9-10,15H2,1,3H3. The largest absolute Gasteiger partial charge is 0.493 e. The van der Waals surface area contributed by atoms with Crippen molar-refractivity contribution < 1.29 is 37.0 Å². The summed E-state index contributed by atoms with van der Waals surface area (Å²) in [5.41, 5.74) is 1.99. The molecule has 1 aliphatic heterocycles. The summed E-state index contributed by atoms with van der Waals surface area (Å²) in [5, 5.41) is 3.16. The lowest BCUT2D eigenvalue weighted by Crippen LogP contribution is -2.41. The molecule has 196 valence electrons. The molecule has 1 N–H and O–H groups in total. The molecule has 0 spiro atoms. The first-order valence-electron chi connectivity index (χ1n) is 12.0. The van der Waals surface area contributed by atoms with Crippen molar-refractivity contribution in [3.8, 4) is 11.5 Å². The Kier molecular flexibility index (Phi) is 7.61. The van der Waals surface area contributed by atoms with Crippen LogP contribution in [0.2, 0.25) is 0 Å². The first kappa shape index (κ1) is 26.3. The monoisotopic (exact) mass is 515 g/mol. The van der Waals surface area contributed by atoms with Crippen molar-refractivity contribution in [2.75, 3.05) is 13.7 Å². The molecule has 2 atom stereocenters. The molecule has 2 aliphatic rings. The predicted octanol–water partition coefficient (Wildman–Crippen LogP) is 5.68. The van der Waals surface area contributed by atoms with E-state index in [-0.39, 0.29) is 19.0 Å². The van der Waals surface area contributed by atoms with Gasteiger partial charge in [0.05, 0.1) is 19.3 Å². The summed E-state index contributed by atoms with van der Waals surface area (Å²) in [4.78, 5) is 26.0. The minimum Gasteiger partial charge on any atom is -0.493 e. The van der Waals surface area contributed by atoms with Gasteiger partial charge in [-0.05, 0) is 55.2 Å². The smallest absolute Gasteiger partial charge is 0.416 e. The van der Waals surface area contributed by atoms with E-state index in [4.69, 9.17) is 14.2 Å². The molecule has 0 saturated carbocycles. The zero-order valence-electron chi connectivity index (χ0n) is 20.6. The molecule has 0 amide bonds. The summed E-state index contributed by atoms with van der Waals surface area (Å²) >= 11 is 0. The van der Waals surface area contributed by atoms with Gasteiger partial charge >= 0.3 is 12.1 Å². The van der Waals surface area contributed by atoms with Crippen molar-refractivity contribution in [3.05, 3.63) is 82.7 Å². The van der Waals surface area contributed by atoms with Crippen molar-refractivity contribution in [3.63, 3.8) is 0 Å². The quantitative estimate of drug-likeness (QED) is 0.479. The third-order valence-corrected chi connectivity index (χ3v) is 6.52. The Bertz CT molecular complexity index is 1250. The van der Waals surface area contributed by atoms with E-state index in [1.54, 1.807) is 31.2 Å². The summed E-state index contributed by atoms with van der Waals surface area (Å²) < 4.78 is 55.8. The van der Waals surface area contributed by atoms with Crippen molar-refractivity contribution in [2.24, 2.45) is 5.92 Å². The fourth-order valence-corrected chi connectivity index (χ4v) is 4.86. The second-order valence-electron chi connectivity index (χ2n) is 8.92. The number of alkyl halides is 3. The number of benzene rings is 2. The summed E-state index contributed by atoms with van der Waals surface area (Å²) in [5.74, 6) is -1.33. The van der Waals surface area contributed by atoms with Gasteiger partial charge in [-0.2, -0.15) is 13.2 Å². The number of ether oxygens (including phenoxy) is 3. The Morgan fingerprint density at radius 2 is 1.92 bits per heavy atom. The van der Waals surface area contributed by atoms with E-state index in [1.807, 2.05) is 0 Å². The Labute approximate surface area is 213 Å². The molecule has 0 aromatic heterocycles. The van der Waals surface area contributed by atoms with Crippen molar-refractivity contribution in [1.29, 1.82) is 0 Å². The van der Waals surface area contributed by atoms with Crippen molar-refractivity contribution >= 4 is 11.8 Å². The predicted molar refractivity (Wildman–Crippen MR) is 130 cm³/mol. The highest BCUT2D eigenvalue weighted by Gasteiger charge is 2.44. The average Bonchev–Trinajstić information content (AvgIpc) is 2.86. The molecule has 0 saturated heterocycles. The Balaban J connectivity index is 1.67. The number of carbonyl (C=O) groups is 2. The maximum Gasteiger partial charge on any atom is 0.416 e. The van der Waals surface area contributed by atoms with Gasteiger partial charge in [-0.1, -0.05) is 24.8 Å². The van der Waals surface area contributed by atoms with E-state index < -0.39 is 29.5 Å². The third-order valence-electron chi connectivity index (χ3n) is 6.52. The zero-order chi connectivity index (χ0) is 26.7. The Morgan fingerprint density at radius 1 is 1.14 bits per heavy atom. The van der Waals surface area contributed by atoms with Crippen LogP contribution in [0.3, 0.4) is 0 Å². The van der Waals surface area contributed by atoms with E-state index in [2.05, 4.69) is 11.9 Å². The number of hydrogen-bond donors (Lipinski definition) is 1. The van der Waals surface area contributed by atoms with E-state index in [9.17, 15) is 22.8 Å². The number of ketones is 1. The molecule has 0 bridgehead atoms. The molecule has 2 unspecified atom stereocenters. The zero-order valence-corrected chi connectivity index (χ0v) is 20.6. The maximum absolute atomic E-state index is 13.0. The van der Waals surface area contributed by atoms with Gasteiger partial charge in [0, 0.05) is 29.3 Å². The fourth-order valence-electron chi connectivity index (χ4n) is 4.86. The van der Waals surface area contributed by atoms with E-state index in [0.29, 0.717) is 53.2 Å². The van der Waals surface area contributed by atoms with Gasteiger partial charge in [0.15, 0.2) is 17.3 Å². The SMILES string of the molecule is C=C1NC2=C(C(=O)CCC2)C(c2ccc(OCc3cccc(C(F)(F)F)c3)c(OC)c2)C1C(=O)OCC. The number of rotatable bonds is 7. The molecule has 2 aromatic rings. The Hall–Kier alpha value is -3.75. The molecule has 37 heavy (non-hydrogen) atoms. The van der Waals surface area contributed by atoms with Gasteiger partial charge in [-0.3, -0.25) is 9.59 Å². The van der Waals surface area contributed by atoms with E-state index >= 15 is 0 Å². The lowest BCUT2D eigenvalue weighted by molar-refractivity contribution is -0.147. The number of methoxy groups -OCH3 is 1. The number of halogens is 3. The van der Waals surface area contributed by atoms with Crippen LogP contribution in [0.25, 0.3) is 0 Å². The van der Waals surface area contributed by atoms with Crippen LogP contribution in [0.15, 0.2) is 66.0 Å². The van der Waals surface area contributed by atoms with Crippen LogP contribution in [0.1, 0.15) is 48.8 Å². The van der Waals surface area contributed by atoms with Crippen LogP contribution in [-0.2, 0) is 27.1 Å². The van der Waals surface area contributed by atoms with Crippen LogP contribution >= 0.6 is 0 Å². The number of allylic oxidation sites excluding steroid dienone is 2. The number of nitrogens with one attached hydrogen (secondary N) is 1. The second kappa shape index (κ2) is 10.7. The number of esters is 1. The van der Waals surface area contributed by atoms with Gasteiger partial charge in [0.25, 0.3) is 0 Å². The molecule has 2 aromatic carbocycles. The van der Waals surface area contributed by atoms with Gasteiger partial charge in [0.2, 0.25) is 0 Å². The van der Waals surface area contributed by atoms with E-state index in [0.717, 1.165) is 17.8 Å². The molecule has 9 heteroatoms. The number of Topliss-reactive ketones (excluding diaryl/α,β-unsaturated/α-hetero) is 1. The third kappa shape index (κ3) is 5.50. The minimum atomic E-state index is -4.45. The summed E-state index contributed by atoms with van der Waals surface area (Å²) in [7, 11) is 1.44. The molecular formula is C28H28F3NO5. The van der Waals surface area contributed by atoms with E-state index in [1.165, 1.54) is 13.2 Å². The van der Waals surface area contributed by atoms with Crippen LogP contribution in [-0.4, -0.2) is 25.5 Å². The molecule has 6 nitrogen and oxygen atoms in total. The molecule has 0 radical (unpaired) electrons. The molecule has 1 heterocycles. The lowest BCUT2D eigenvalue weighted by atomic mass is 9.71. The summed E-state index contributed by atoms with van der Waals surface area (Å²) in [6.07, 6.45) is -2.69. The van der Waals surface area contributed by atoms with Crippen LogP contribution in [0, 0.1) is 5.92 Å². The van der Waals surface area contributed by atoms with Gasteiger partial charge in [0.1, 0.15) is 12.5 Å². The molecule has 0 fully saturated rings. The van der Waals surface area contributed by atoms with Crippen molar-refractivity contribution in [2.45, 2.75) is 44.9 Å². The molecular weight excluding hydrogens is 487 g/mol. The summed E-state index contributed by atoms with van der Waals surface area (Å²) in [6.45, 7) is 5.83. The lowest BCUT2D eigenvalue weighted by Gasteiger charge is -2.38. The highest BCUT2D eigenvalue weighted by Crippen LogP contribution is 2.46. The number of hydrogen-bond acceptors (Lipinski definition) is 6. The van der Waals surface area contributed by atoms with Gasteiger partial charge < -0.3 is 19.5 Å². The minimum absolute atomic E-state index is 0.0376. The average molecular weight is 516 g/mol. The Morgan fingerprint density at radius 3 is 2.62 bits per heavy atom. The molecule has 4 rings (SSSR count). The fraction of sp³-hybridized carbons (Fsp3) is 0.357. The van der Waals surface area contributed by atoms with Crippen LogP contribution < -0.4 is 14.8 Å². The van der Waals surface area contributed by atoms with Crippen molar-refractivity contribution in [1.82, 2.24) is 5.32 Å². The first-order valence-corrected chi connectivity index (χ1v) is 12.0. The second-order valence-corrected chi connectivity index (χ2v) is 8.92. The topological polar surface area (TPSA) is 73.9 Å². The van der Waals surface area contributed by atoms with Gasteiger partial charge in [-0.25, -0.2) is 0 Å². The highest BCUT2D eigenvalue weighted by molar-refractivity contribution is 6.00.